The van der Waals surface area contributed by atoms with Gasteiger partial charge in [0, 0.05) is 26.4 Å². The summed E-state index contributed by atoms with van der Waals surface area (Å²) in [6.07, 6.45) is 8.53. The monoisotopic (exact) mass is 287 g/mol. The van der Waals surface area contributed by atoms with Crippen molar-refractivity contribution in [3.63, 3.8) is 0 Å². The Morgan fingerprint density at radius 2 is 2.00 bits per heavy atom. The first-order chi connectivity index (χ1) is 10.1. The molecule has 0 heterocycles. The van der Waals surface area contributed by atoms with E-state index in [-0.39, 0.29) is 5.91 Å². The van der Waals surface area contributed by atoms with Crippen LogP contribution in [0.15, 0.2) is 24.3 Å². The number of aromatic carboxylic acids is 1. The van der Waals surface area contributed by atoms with Gasteiger partial charge in [-0.15, -0.1) is 12.3 Å². The lowest BCUT2D eigenvalue weighted by atomic mass is 10.0. The van der Waals surface area contributed by atoms with E-state index in [1.807, 2.05) is 6.07 Å². The van der Waals surface area contributed by atoms with E-state index in [0.717, 1.165) is 18.4 Å². The number of rotatable bonds is 8. The molecule has 0 radical (unpaired) electrons. The number of hydrogen-bond acceptors (Lipinski definition) is 2. The van der Waals surface area contributed by atoms with Crippen LogP contribution < -0.4 is 0 Å². The molecule has 4 heteroatoms. The minimum atomic E-state index is -0.936. The van der Waals surface area contributed by atoms with Gasteiger partial charge in [-0.05, 0) is 30.9 Å². The van der Waals surface area contributed by atoms with Crippen molar-refractivity contribution in [1.82, 2.24) is 4.90 Å². The zero-order chi connectivity index (χ0) is 15.7. The summed E-state index contributed by atoms with van der Waals surface area (Å²) in [5.41, 5.74) is 1.05. The largest absolute Gasteiger partial charge is 0.478 e. The number of amides is 1. The van der Waals surface area contributed by atoms with Crippen molar-refractivity contribution < 1.29 is 14.7 Å². The lowest BCUT2D eigenvalue weighted by Gasteiger charge is -2.17. The fourth-order valence-corrected chi connectivity index (χ4v) is 2.05. The topological polar surface area (TPSA) is 57.6 Å². The molecule has 1 aromatic carbocycles. The Kier molecular flexibility index (Phi) is 7.03. The smallest absolute Gasteiger partial charge is 0.335 e. The minimum absolute atomic E-state index is 0.0693. The van der Waals surface area contributed by atoms with E-state index in [9.17, 15) is 9.59 Å². The third-order valence-corrected chi connectivity index (χ3v) is 3.35. The van der Waals surface area contributed by atoms with Gasteiger partial charge < -0.3 is 10.0 Å². The molecule has 0 saturated carbocycles. The molecule has 0 unspecified atom stereocenters. The Morgan fingerprint density at radius 3 is 2.67 bits per heavy atom. The molecule has 1 N–H and O–H groups in total. The van der Waals surface area contributed by atoms with Crippen LogP contribution in [0.1, 0.15) is 41.6 Å². The second kappa shape index (κ2) is 8.80. The SMILES string of the molecule is C#CCCCCC(=O)N(C)CCc1ccccc1C(=O)O. The van der Waals surface area contributed by atoms with Crippen LogP contribution >= 0.6 is 0 Å². The van der Waals surface area contributed by atoms with Crippen LogP contribution in [-0.4, -0.2) is 35.5 Å². The normalized spacial score (nSPS) is 9.90. The van der Waals surface area contributed by atoms with E-state index in [4.69, 9.17) is 11.5 Å². The van der Waals surface area contributed by atoms with Crippen molar-refractivity contribution >= 4 is 11.9 Å². The number of benzene rings is 1. The molecule has 1 aromatic rings. The van der Waals surface area contributed by atoms with Crippen molar-refractivity contribution in [1.29, 1.82) is 0 Å². The van der Waals surface area contributed by atoms with Gasteiger partial charge in [0.1, 0.15) is 0 Å². The summed E-state index contributed by atoms with van der Waals surface area (Å²) >= 11 is 0. The number of carbonyl (C=O) groups excluding carboxylic acids is 1. The number of carboxylic acids is 1. The van der Waals surface area contributed by atoms with Gasteiger partial charge in [-0.25, -0.2) is 4.79 Å². The highest BCUT2D eigenvalue weighted by atomic mass is 16.4. The van der Waals surface area contributed by atoms with Crippen molar-refractivity contribution in [2.45, 2.75) is 32.1 Å². The first-order valence-corrected chi connectivity index (χ1v) is 7.05. The van der Waals surface area contributed by atoms with Gasteiger partial charge in [0.25, 0.3) is 0 Å². The maximum Gasteiger partial charge on any atom is 0.335 e. The number of nitrogens with zero attached hydrogens (tertiary/aromatic N) is 1. The molecule has 0 atom stereocenters. The predicted octanol–water partition coefficient (Wildman–Crippen LogP) is 2.58. The first-order valence-electron chi connectivity index (χ1n) is 7.05. The summed E-state index contributed by atoms with van der Waals surface area (Å²) < 4.78 is 0. The first kappa shape index (κ1) is 16.8. The Balaban J connectivity index is 2.46. The van der Waals surface area contributed by atoms with Gasteiger partial charge in [0.05, 0.1) is 5.56 Å². The standard InChI is InChI=1S/C17H21NO3/c1-3-4-5-6-11-16(19)18(2)13-12-14-9-7-8-10-15(14)17(20)21/h1,7-10H,4-6,11-13H2,2H3,(H,20,21). The van der Waals surface area contributed by atoms with E-state index in [1.54, 1.807) is 30.1 Å². The van der Waals surface area contributed by atoms with Crippen LogP contribution in [0, 0.1) is 12.3 Å². The molecule has 0 saturated heterocycles. The second-order valence-corrected chi connectivity index (χ2v) is 4.94. The van der Waals surface area contributed by atoms with Crippen molar-refractivity contribution in [3.05, 3.63) is 35.4 Å². The quantitative estimate of drug-likeness (QED) is 0.590. The maximum atomic E-state index is 11.9. The summed E-state index contributed by atoms with van der Waals surface area (Å²) in [7, 11) is 1.74. The van der Waals surface area contributed by atoms with Crippen molar-refractivity contribution in [2.24, 2.45) is 0 Å². The highest BCUT2D eigenvalue weighted by Gasteiger charge is 2.12. The third kappa shape index (κ3) is 5.70. The molecule has 0 aromatic heterocycles. The number of likely N-dealkylation sites (N-methyl/N-ethyl adjacent to an activating group) is 1. The molecule has 21 heavy (non-hydrogen) atoms. The Hall–Kier alpha value is -2.28. The average Bonchev–Trinajstić information content (AvgIpc) is 2.49. The van der Waals surface area contributed by atoms with Gasteiger partial charge in [-0.2, -0.15) is 0 Å². The van der Waals surface area contributed by atoms with Gasteiger partial charge in [-0.1, -0.05) is 18.2 Å². The van der Waals surface area contributed by atoms with Crippen LogP contribution in [0.5, 0.6) is 0 Å². The number of carbonyl (C=O) groups is 2. The third-order valence-electron chi connectivity index (χ3n) is 3.35. The Labute approximate surface area is 125 Å². The van der Waals surface area contributed by atoms with E-state index >= 15 is 0 Å². The zero-order valence-electron chi connectivity index (χ0n) is 12.3. The van der Waals surface area contributed by atoms with Crippen LogP contribution in [0.4, 0.5) is 0 Å². The van der Waals surface area contributed by atoms with Gasteiger partial charge >= 0.3 is 5.97 Å². The molecule has 0 aliphatic rings. The number of unbranched alkanes of at least 4 members (excludes halogenated alkanes) is 2. The number of carboxylic acid groups (broad SMARTS) is 1. The summed E-state index contributed by atoms with van der Waals surface area (Å²) in [5.74, 6) is 1.69. The summed E-state index contributed by atoms with van der Waals surface area (Å²) in [6, 6.07) is 6.88. The molecular weight excluding hydrogens is 266 g/mol. The van der Waals surface area contributed by atoms with Crippen LogP contribution in [0.3, 0.4) is 0 Å². The van der Waals surface area contributed by atoms with Crippen molar-refractivity contribution in [3.8, 4) is 12.3 Å². The molecule has 1 rings (SSSR count). The molecule has 112 valence electrons. The summed E-state index contributed by atoms with van der Waals surface area (Å²) in [6.45, 7) is 0.512. The van der Waals surface area contributed by atoms with Crippen LogP contribution in [-0.2, 0) is 11.2 Å². The lowest BCUT2D eigenvalue weighted by molar-refractivity contribution is -0.130. The van der Waals surface area contributed by atoms with E-state index in [1.165, 1.54) is 0 Å². The van der Waals surface area contributed by atoms with Gasteiger partial charge in [0.15, 0.2) is 0 Å². The number of terminal acetylenes is 1. The molecule has 4 nitrogen and oxygen atoms in total. The fraction of sp³-hybridized carbons (Fsp3) is 0.412. The highest BCUT2D eigenvalue weighted by Crippen LogP contribution is 2.10. The van der Waals surface area contributed by atoms with E-state index < -0.39 is 5.97 Å². The number of hydrogen-bond donors (Lipinski definition) is 1. The molecule has 0 bridgehead atoms. The Morgan fingerprint density at radius 1 is 1.29 bits per heavy atom. The highest BCUT2D eigenvalue weighted by molar-refractivity contribution is 5.89. The van der Waals surface area contributed by atoms with Gasteiger partial charge in [-0.3, -0.25) is 4.79 Å². The minimum Gasteiger partial charge on any atom is -0.478 e. The molecule has 0 aliphatic carbocycles. The molecule has 1 amide bonds. The maximum absolute atomic E-state index is 11.9. The van der Waals surface area contributed by atoms with E-state index in [2.05, 4.69) is 5.92 Å². The molecule has 0 aliphatic heterocycles. The zero-order valence-corrected chi connectivity index (χ0v) is 12.3. The van der Waals surface area contributed by atoms with Gasteiger partial charge in [0.2, 0.25) is 5.91 Å². The molecule has 0 fully saturated rings. The molecule has 0 spiro atoms. The predicted molar refractivity (Wildman–Crippen MR) is 82.0 cm³/mol. The van der Waals surface area contributed by atoms with E-state index in [0.29, 0.717) is 31.4 Å². The molecular formula is C17H21NO3. The lowest BCUT2D eigenvalue weighted by Crippen LogP contribution is -2.28. The average molecular weight is 287 g/mol. The Bertz CT molecular complexity index is 531. The summed E-state index contributed by atoms with van der Waals surface area (Å²) in [5, 5.41) is 9.11. The summed E-state index contributed by atoms with van der Waals surface area (Å²) in [4.78, 5) is 24.7. The fourth-order valence-electron chi connectivity index (χ4n) is 2.05. The van der Waals surface area contributed by atoms with Crippen molar-refractivity contribution in [2.75, 3.05) is 13.6 Å². The van der Waals surface area contributed by atoms with Crippen LogP contribution in [0.2, 0.25) is 0 Å². The second-order valence-electron chi connectivity index (χ2n) is 4.94. The van der Waals surface area contributed by atoms with Crippen LogP contribution in [0.25, 0.3) is 0 Å².